The Labute approximate surface area is 113 Å². The van der Waals surface area contributed by atoms with Crippen LogP contribution >= 0.6 is 0 Å². The lowest BCUT2D eigenvalue weighted by atomic mass is 10.1. The first-order valence-electron chi connectivity index (χ1n) is 6.55. The molecule has 0 aliphatic carbocycles. The van der Waals surface area contributed by atoms with Gasteiger partial charge in [0.2, 0.25) is 11.8 Å². The molecule has 1 aliphatic rings. The third-order valence-electron chi connectivity index (χ3n) is 3.10. The van der Waals surface area contributed by atoms with E-state index in [0.29, 0.717) is 6.42 Å². The number of benzene rings is 1. The molecule has 2 N–H and O–H groups in total. The number of nitrogens with zero attached hydrogens (tertiary/aromatic N) is 1. The van der Waals surface area contributed by atoms with Crippen molar-refractivity contribution in [3.8, 4) is 0 Å². The van der Waals surface area contributed by atoms with Crippen molar-refractivity contribution in [3.05, 3.63) is 24.3 Å². The van der Waals surface area contributed by atoms with Crippen LogP contribution in [0.2, 0.25) is 0 Å². The number of nitrogens with one attached hydrogen (secondary N) is 2. The van der Waals surface area contributed by atoms with Gasteiger partial charge in [-0.2, -0.15) is 0 Å². The number of piperidine rings is 1. The van der Waals surface area contributed by atoms with Crippen molar-refractivity contribution in [3.63, 3.8) is 0 Å². The molecule has 1 heterocycles. The monoisotopic (exact) mass is 261 g/mol. The van der Waals surface area contributed by atoms with Crippen LogP contribution in [0, 0.1) is 0 Å². The minimum atomic E-state index is -0.0929. The number of carbonyl (C=O) groups is 2. The topological polar surface area (TPSA) is 61.4 Å². The zero-order valence-electron chi connectivity index (χ0n) is 11.1. The van der Waals surface area contributed by atoms with E-state index in [2.05, 4.69) is 10.6 Å². The maximum absolute atomic E-state index is 11.9. The number of anilines is 2. The second-order valence-electron chi connectivity index (χ2n) is 4.63. The van der Waals surface area contributed by atoms with Crippen molar-refractivity contribution < 1.29 is 9.59 Å². The van der Waals surface area contributed by atoms with Crippen molar-refractivity contribution in [2.24, 2.45) is 0 Å². The lowest BCUT2D eigenvalue weighted by molar-refractivity contribution is -0.119. The zero-order chi connectivity index (χ0) is 13.7. The van der Waals surface area contributed by atoms with Crippen molar-refractivity contribution in [1.82, 2.24) is 5.32 Å². The summed E-state index contributed by atoms with van der Waals surface area (Å²) >= 11 is 0. The number of likely N-dealkylation sites (N-methyl/N-ethyl adjacent to an activating group) is 1. The van der Waals surface area contributed by atoms with Gasteiger partial charge in [0.05, 0.1) is 6.54 Å². The molecule has 0 atom stereocenters. The highest BCUT2D eigenvalue weighted by atomic mass is 16.2. The first kappa shape index (κ1) is 13.5. The molecule has 0 unspecified atom stereocenters. The highest BCUT2D eigenvalue weighted by Crippen LogP contribution is 2.23. The highest BCUT2D eigenvalue weighted by Gasteiger charge is 2.19. The molecule has 5 heteroatoms. The van der Waals surface area contributed by atoms with Gasteiger partial charge in [0.25, 0.3) is 0 Å². The molecule has 0 spiro atoms. The van der Waals surface area contributed by atoms with Gasteiger partial charge in [0.1, 0.15) is 0 Å². The number of amides is 2. The summed E-state index contributed by atoms with van der Waals surface area (Å²) in [5, 5.41) is 5.59. The van der Waals surface area contributed by atoms with Crippen LogP contribution in [0.3, 0.4) is 0 Å². The van der Waals surface area contributed by atoms with Gasteiger partial charge in [0.15, 0.2) is 0 Å². The van der Waals surface area contributed by atoms with Crippen LogP contribution < -0.4 is 15.5 Å². The summed E-state index contributed by atoms with van der Waals surface area (Å²) in [4.78, 5) is 25.2. The van der Waals surface area contributed by atoms with E-state index in [1.54, 1.807) is 11.9 Å². The summed E-state index contributed by atoms with van der Waals surface area (Å²) in [7, 11) is 1.72. The fourth-order valence-corrected chi connectivity index (χ4v) is 2.20. The molecule has 2 rings (SSSR count). The Morgan fingerprint density at radius 3 is 2.95 bits per heavy atom. The third-order valence-corrected chi connectivity index (χ3v) is 3.10. The molecular formula is C14H19N3O2. The smallest absolute Gasteiger partial charge is 0.238 e. The first-order valence-corrected chi connectivity index (χ1v) is 6.55. The predicted molar refractivity (Wildman–Crippen MR) is 75.2 cm³/mol. The van der Waals surface area contributed by atoms with Gasteiger partial charge in [-0.15, -0.1) is 0 Å². The Morgan fingerprint density at radius 2 is 2.21 bits per heavy atom. The SMILES string of the molecule is CNCC(=O)Nc1cccc(N2CCCCC2=O)c1. The van der Waals surface area contributed by atoms with Crippen LogP contribution in [0.25, 0.3) is 0 Å². The summed E-state index contributed by atoms with van der Waals surface area (Å²) in [5.41, 5.74) is 1.57. The number of hydrogen-bond donors (Lipinski definition) is 2. The molecule has 0 saturated carbocycles. The van der Waals surface area contributed by atoms with E-state index in [1.807, 2.05) is 24.3 Å². The van der Waals surface area contributed by atoms with Crippen molar-refractivity contribution in [2.75, 3.05) is 30.4 Å². The molecule has 2 amide bonds. The summed E-state index contributed by atoms with van der Waals surface area (Å²) < 4.78 is 0. The Balaban J connectivity index is 2.10. The van der Waals surface area contributed by atoms with Crippen molar-refractivity contribution in [2.45, 2.75) is 19.3 Å². The van der Waals surface area contributed by atoms with E-state index in [1.165, 1.54) is 0 Å². The number of hydrogen-bond acceptors (Lipinski definition) is 3. The molecule has 1 fully saturated rings. The molecule has 19 heavy (non-hydrogen) atoms. The molecule has 1 saturated heterocycles. The molecule has 0 aromatic heterocycles. The van der Waals surface area contributed by atoms with Crippen molar-refractivity contribution >= 4 is 23.2 Å². The molecule has 1 aromatic rings. The van der Waals surface area contributed by atoms with E-state index in [-0.39, 0.29) is 18.4 Å². The second-order valence-corrected chi connectivity index (χ2v) is 4.63. The van der Waals surface area contributed by atoms with Gasteiger partial charge in [-0.05, 0) is 38.1 Å². The minimum absolute atomic E-state index is 0.0929. The number of carbonyl (C=O) groups excluding carboxylic acids is 2. The highest BCUT2D eigenvalue weighted by molar-refractivity contribution is 5.96. The lowest BCUT2D eigenvalue weighted by Crippen LogP contribution is -2.35. The summed E-state index contributed by atoms with van der Waals surface area (Å²) in [6.07, 6.45) is 2.60. The van der Waals surface area contributed by atoms with E-state index < -0.39 is 0 Å². The molecule has 5 nitrogen and oxygen atoms in total. The van der Waals surface area contributed by atoms with Gasteiger partial charge in [-0.3, -0.25) is 9.59 Å². The molecule has 0 bridgehead atoms. The van der Waals surface area contributed by atoms with Gasteiger partial charge in [-0.25, -0.2) is 0 Å². The van der Waals surface area contributed by atoms with Gasteiger partial charge in [-0.1, -0.05) is 6.07 Å². The van der Waals surface area contributed by atoms with Crippen LogP contribution in [-0.4, -0.2) is 32.0 Å². The predicted octanol–water partition coefficient (Wildman–Crippen LogP) is 1.36. The fourth-order valence-electron chi connectivity index (χ4n) is 2.20. The van der Waals surface area contributed by atoms with E-state index in [0.717, 1.165) is 30.8 Å². The molecule has 1 aromatic carbocycles. The second kappa shape index (κ2) is 6.33. The van der Waals surface area contributed by atoms with E-state index in [4.69, 9.17) is 0 Å². The maximum atomic E-state index is 11.9. The Kier molecular flexibility index (Phi) is 4.52. The minimum Gasteiger partial charge on any atom is -0.325 e. The average molecular weight is 261 g/mol. The maximum Gasteiger partial charge on any atom is 0.238 e. The quantitative estimate of drug-likeness (QED) is 0.860. The lowest BCUT2D eigenvalue weighted by Gasteiger charge is -2.27. The van der Waals surface area contributed by atoms with Gasteiger partial charge < -0.3 is 15.5 Å². The first-order chi connectivity index (χ1) is 9.20. The van der Waals surface area contributed by atoms with Crippen LogP contribution in [0.15, 0.2) is 24.3 Å². The largest absolute Gasteiger partial charge is 0.325 e. The Bertz CT molecular complexity index is 474. The average Bonchev–Trinajstić information content (AvgIpc) is 2.40. The fraction of sp³-hybridized carbons (Fsp3) is 0.429. The number of rotatable bonds is 4. The van der Waals surface area contributed by atoms with Crippen molar-refractivity contribution in [1.29, 1.82) is 0 Å². The van der Waals surface area contributed by atoms with Crippen LogP contribution in [0.4, 0.5) is 11.4 Å². The van der Waals surface area contributed by atoms with E-state index >= 15 is 0 Å². The van der Waals surface area contributed by atoms with Crippen LogP contribution in [0.1, 0.15) is 19.3 Å². The van der Waals surface area contributed by atoms with Crippen LogP contribution in [-0.2, 0) is 9.59 Å². The summed E-state index contributed by atoms with van der Waals surface area (Å²) in [5.74, 6) is 0.0644. The van der Waals surface area contributed by atoms with Gasteiger partial charge >= 0.3 is 0 Å². The zero-order valence-corrected chi connectivity index (χ0v) is 11.1. The molecule has 102 valence electrons. The Morgan fingerprint density at radius 1 is 1.37 bits per heavy atom. The van der Waals surface area contributed by atoms with Gasteiger partial charge in [0, 0.05) is 24.3 Å². The summed E-state index contributed by atoms with van der Waals surface area (Å²) in [6.45, 7) is 1.03. The normalized spacial score (nSPS) is 15.4. The van der Waals surface area contributed by atoms with Crippen LogP contribution in [0.5, 0.6) is 0 Å². The standard InChI is InChI=1S/C14H19N3O2/c1-15-10-13(18)16-11-5-4-6-12(9-11)17-8-3-2-7-14(17)19/h4-6,9,15H,2-3,7-8,10H2,1H3,(H,16,18). The Hall–Kier alpha value is -1.88. The van der Waals surface area contributed by atoms with E-state index in [9.17, 15) is 9.59 Å². The molecule has 0 radical (unpaired) electrons. The molecular weight excluding hydrogens is 242 g/mol. The summed E-state index contributed by atoms with van der Waals surface area (Å²) in [6, 6.07) is 7.42. The molecule has 1 aliphatic heterocycles. The third kappa shape index (κ3) is 3.54.